The Bertz CT molecular complexity index is 554. The second kappa shape index (κ2) is 5.14. The molecule has 0 spiro atoms. The van der Waals surface area contributed by atoms with Crippen LogP contribution in [0.4, 0.5) is 15.9 Å². The van der Waals surface area contributed by atoms with Crippen molar-refractivity contribution in [1.29, 1.82) is 0 Å². The molecule has 0 unspecified atom stereocenters. The van der Waals surface area contributed by atoms with Gasteiger partial charge in [-0.2, -0.15) is 0 Å². The van der Waals surface area contributed by atoms with Gasteiger partial charge in [-0.1, -0.05) is 18.2 Å². The van der Waals surface area contributed by atoms with Crippen LogP contribution in [0.25, 0.3) is 0 Å². The molecule has 0 bridgehead atoms. The fourth-order valence-corrected chi connectivity index (χ4v) is 1.98. The molecule has 0 aliphatic rings. The summed E-state index contributed by atoms with van der Waals surface area (Å²) in [7, 11) is 1.90. The lowest BCUT2D eigenvalue weighted by atomic mass is 10.1. The van der Waals surface area contributed by atoms with Crippen LogP contribution in [-0.2, 0) is 6.54 Å². The predicted octanol–water partition coefficient (Wildman–Crippen LogP) is 2.76. The topological polar surface area (TPSA) is 42.2 Å². The second-order valence-electron chi connectivity index (χ2n) is 4.19. The lowest BCUT2D eigenvalue weighted by molar-refractivity contribution is 0.618. The van der Waals surface area contributed by atoms with Crippen LogP contribution in [-0.4, -0.2) is 12.0 Å². The van der Waals surface area contributed by atoms with Crippen molar-refractivity contribution in [2.45, 2.75) is 13.5 Å². The molecule has 0 radical (unpaired) electrons. The molecule has 0 saturated heterocycles. The highest BCUT2D eigenvalue weighted by atomic mass is 19.1. The van der Waals surface area contributed by atoms with E-state index in [4.69, 9.17) is 5.73 Å². The van der Waals surface area contributed by atoms with Crippen LogP contribution >= 0.6 is 0 Å². The van der Waals surface area contributed by atoms with E-state index in [2.05, 4.69) is 4.98 Å². The summed E-state index contributed by atoms with van der Waals surface area (Å²) < 4.78 is 13.1. The Labute approximate surface area is 106 Å². The first-order valence-corrected chi connectivity index (χ1v) is 5.77. The van der Waals surface area contributed by atoms with E-state index in [0.29, 0.717) is 11.4 Å². The van der Waals surface area contributed by atoms with Crippen LogP contribution in [0.2, 0.25) is 0 Å². The van der Waals surface area contributed by atoms with Gasteiger partial charge in [-0.05, 0) is 24.6 Å². The quantitative estimate of drug-likeness (QED) is 0.904. The van der Waals surface area contributed by atoms with Crippen LogP contribution < -0.4 is 10.6 Å². The van der Waals surface area contributed by atoms with Crippen molar-refractivity contribution in [3.63, 3.8) is 0 Å². The monoisotopic (exact) mass is 245 g/mol. The van der Waals surface area contributed by atoms with E-state index < -0.39 is 0 Å². The van der Waals surface area contributed by atoms with Crippen molar-refractivity contribution in [3.8, 4) is 0 Å². The second-order valence-corrected chi connectivity index (χ2v) is 4.19. The van der Waals surface area contributed by atoms with Crippen molar-refractivity contribution in [2.24, 2.45) is 5.73 Å². The van der Waals surface area contributed by atoms with Crippen molar-refractivity contribution in [2.75, 3.05) is 11.9 Å². The number of pyridine rings is 1. The molecule has 0 fully saturated rings. The smallest absolute Gasteiger partial charge is 0.141 e. The number of nitrogens with two attached hydrogens (primary N) is 1. The number of para-hydroxylation sites is 1. The summed E-state index contributed by atoms with van der Waals surface area (Å²) in [5.41, 5.74) is 8.50. The molecule has 0 atom stereocenters. The van der Waals surface area contributed by atoms with Gasteiger partial charge in [0.25, 0.3) is 0 Å². The van der Waals surface area contributed by atoms with E-state index in [9.17, 15) is 4.39 Å². The molecule has 2 rings (SSSR count). The SMILES string of the molecule is Cc1ccccc1N(C)c1ncc(F)cc1CN. The van der Waals surface area contributed by atoms with E-state index in [0.717, 1.165) is 11.3 Å². The minimum atomic E-state index is -0.364. The summed E-state index contributed by atoms with van der Waals surface area (Å²) in [5.74, 6) is 0.325. The summed E-state index contributed by atoms with van der Waals surface area (Å²) in [6.45, 7) is 2.29. The number of anilines is 2. The van der Waals surface area contributed by atoms with Gasteiger partial charge in [-0.15, -0.1) is 0 Å². The zero-order valence-electron chi connectivity index (χ0n) is 10.5. The summed E-state index contributed by atoms with van der Waals surface area (Å²) in [6, 6.07) is 9.40. The number of halogens is 1. The van der Waals surface area contributed by atoms with Crippen LogP contribution in [0.5, 0.6) is 0 Å². The van der Waals surface area contributed by atoms with Gasteiger partial charge < -0.3 is 10.6 Å². The maximum absolute atomic E-state index is 13.1. The molecule has 0 aliphatic heterocycles. The summed E-state index contributed by atoms with van der Waals surface area (Å²) in [5, 5.41) is 0. The Hall–Kier alpha value is -1.94. The lowest BCUT2D eigenvalue weighted by Gasteiger charge is -2.22. The predicted molar refractivity (Wildman–Crippen MR) is 71.3 cm³/mol. The number of nitrogens with zero attached hydrogens (tertiary/aromatic N) is 2. The van der Waals surface area contributed by atoms with Crippen LogP contribution in [0.1, 0.15) is 11.1 Å². The first-order chi connectivity index (χ1) is 8.63. The molecule has 2 N–H and O–H groups in total. The highest BCUT2D eigenvalue weighted by Gasteiger charge is 2.12. The molecule has 0 aliphatic carbocycles. The van der Waals surface area contributed by atoms with E-state index in [1.165, 1.54) is 12.3 Å². The molecule has 2 aromatic rings. The van der Waals surface area contributed by atoms with E-state index in [1.807, 2.05) is 43.1 Å². The van der Waals surface area contributed by atoms with Gasteiger partial charge in [-0.25, -0.2) is 9.37 Å². The molecular weight excluding hydrogens is 229 g/mol. The van der Waals surface area contributed by atoms with Gasteiger partial charge in [0.1, 0.15) is 11.6 Å². The fourth-order valence-electron chi connectivity index (χ4n) is 1.98. The van der Waals surface area contributed by atoms with Crippen molar-refractivity contribution < 1.29 is 4.39 Å². The number of benzene rings is 1. The molecule has 3 nitrogen and oxygen atoms in total. The van der Waals surface area contributed by atoms with Gasteiger partial charge in [0.05, 0.1) is 6.20 Å². The Kier molecular flexibility index (Phi) is 3.58. The number of aryl methyl sites for hydroxylation is 1. The number of aromatic nitrogens is 1. The van der Waals surface area contributed by atoms with Gasteiger partial charge in [-0.3, -0.25) is 0 Å². The summed E-state index contributed by atoms with van der Waals surface area (Å²) in [4.78, 5) is 6.06. The fraction of sp³-hybridized carbons (Fsp3) is 0.214. The average molecular weight is 245 g/mol. The van der Waals surface area contributed by atoms with Crippen molar-refractivity contribution in [3.05, 3.63) is 53.5 Å². The van der Waals surface area contributed by atoms with Crippen molar-refractivity contribution >= 4 is 11.5 Å². The van der Waals surface area contributed by atoms with Crippen molar-refractivity contribution in [1.82, 2.24) is 4.98 Å². The maximum Gasteiger partial charge on any atom is 0.141 e. The molecule has 1 aromatic heterocycles. The Morgan fingerprint density at radius 3 is 2.72 bits per heavy atom. The van der Waals surface area contributed by atoms with E-state index >= 15 is 0 Å². The third kappa shape index (κ3) is 2.33. The average Bonchev–Trinajstić information content (AvgIpc) is 2.38. The zero-order chi connectivity index (χ0) is 13.1. The highest BCUT2D eigenvalue weighted by molar-refractivity contribution is 5.65. The third-order valence-electron chi connectivity index (χ3n) is 2.92. The van der Waals surface area contributed by atoms with Gasteiger partial charge >= 0.3 is 0 Å². The number of hydrogen-bond donors (Lipinski definition) is 1. The zero-order valence-corrected chi connectivity index (χ0v) is 10.5. The Morgan fingerprint density at radius 2 is 2.06 bits per heavy atom. The highest BCUT2D eigenvalue weighted by Crippen LogP contribution is 2.27. The first kappa shape index (κ1) is 12.5. The molecule has 0 saturated carbocycles. The van der Waals surface area contributed by atoms with Gasteiger partial charge in [0, 0.05) is 24.8 Å². The van der Waals surface area contributed by atoms with Crippen LogP contribution in [0.3, 0.4) is 0 Å². The third-order valence-corrected chi connectivity index (χ3v) is 2.92. The lowest BCUT2D eigenvalue weighted by Crippen LogP contribution is -2.16. The number of rotatable bonds is 3. The summed E-state index contributed by atoms with van der Waals surface area (Å²) >= 11 is 0. The Morgan fingerprint density at radius 1 is 1.33 bits per heavy atom. The molecular formula is C14H16FN3. The molecule has 18 heavy (non-hydrogen) atoms. The molecule has 1 aromatic carbocycles. The van der Waals surface area contributed by atoms with Gasteiger partial charge in [0.15, 0.2) is 0 Å². The minimum Gasteiger partial charge on any atom is -0.329 e. The standard InChI is InChI=1S/C14H16FN3/c1-10-5-3-4-6-13(10)18(2)14-11(8-16)7-12(15)9-17-14/h3-7,9H,8,16H2,1-2H3. The Balaban J connectivity index is 2.46. The largest absolute Gasteiger partial charge is 0.329 e. The normalized spacial score (nSPS) is 10.4. The summed E-state index contributed by atoms with van der Waals surface area (Å²) in [6.07, 6.45) is 1.21. The molecule has 1 heterocycles. The van der Waals surface area contributed by atoms with E-state index in [1.54, 1.807) is 0 Å². The molecule has 94 valence electrons. The molecule has 0 amide bonds. The van der Waals surface area contributed by atoms with E-state index in [-0.39, 0.29) is 12.4 Å². The maximum atomic E-state index is 13.1. The molecule has 4 heteroatoms. The number of hydrogen-bond acceptors (Lipinski definition) is 3. The van der Waals surface area contributed by atoms with Crippen LogP contribution in [0, 0.1) is 12.7 Å². The van der Waals surface area contributed by atoms with Gasteiger partial charge in [0.2, 0.25) is 0 Å². The first-order valence-electron chi connectivity index (χ1n) is 5.77. The minimum absolute atomic E-state index is 0.260. The van der Waals surface area contributed by atoms with Crippen LogP contribution in [0.15, 0.2) is 36.5 Å².